The Bertz CT molecular complexity index is 303. The predicted octanol–water partition coefficient (Wildman–Crippen LogP) is 2.14. The van der Waals surface area contributed by atoms with Crippen LogP contribution in [0.25, 0.3) is 0 Å². The Morgan fingerprint density at radius 3 is 2.59 bits per heavy atom. The van der Waals surface area contributed by atoms with Gasteiger partial charge in [-0.25, -0.2) is 0 Å². The second-order valence-corrected chi connectivity index (χ2v) is 3.55. The molecule has 0 unspecified atom stereocenters. The van der Waals surface area contributed by atoms with Crippen molar-refractivity contribution in [2.24, 2.45) is 0 Å². The van der Waals surface area contributed by atoms with Gasteiger partial charge >= 0.3 is 6.18 Å². The van der Waals surface area contributed by atoms with Gasteiger partial charge in [-0.15, -0.1) is 0 Å². The van der Waals surface area contributed by atoms with Crippen LogP contribution in [0, 0.1) is 0 Å². The zero-order valence-electron chi connectivity index (χ0n) is 9.33. The third kappa shape index (κ3) is 7.70. The van der Waals surface area contributed by atoms with Crippen LogP contribution >= 0.6 is 0 Å². The van der Waals surface area contributed by atoms with Crippen LogP contribution in [0.1, 0.15) is 12.0 Å². The fourth-order valence-corrected chi connectivity index (χ4v) is 1.22. The molecule has 0 aliphatic heterocycles. The molecule has 17 heavy (non-hydrogen) atoms. The van der Waals surface area contributed by atoms with Gasteiger partial charge in [-0.1, -0.05) is 0 Å². The van der Waals surface area contributed by atoms with Gasteiger partial charge in [0.15, 0.2) is 0 Å². The van der Waals surface area contributed by atoms with Gasteiger partial charge < -0.3 is 10.1 Å². The summed E-state index contributed by atoms with van der Waals surface area (Å²) in [7, 11) is 0. The van der Waals surface area contributed by atoms with Crippen molar-refractivity contribution in [3.8, 4) is 0 Å². The van der Waals surface area contributed by atoms with E-state index in [1.807, 2.05) is 12.1 Å². The highest BCUT2D eigenvalue weighted by Crippen LogP contribution is 2.14. The third-order valence-corrected chi connectivity index (χ3v) is 1.99. The summed E-state index contributed by atoms with van der Waals surface area (Å²) in [6.45, 7) is 0.252. The molecule has 1 aromatic heterocycles. The van der Waals surface area contributed by atoms with E-state index < -0.39 is 12.8 Å². The van der Waals surface area contributed by atoms with Crippen LogP contribution in [0.15, 0.2) is 24.5 Å². The van der Waals surface area contributed by atoms with Gasteiger partial charge in [0.25, 0.3) is 0 Å². The van der Waals surface area contributed by atoms with E-state index in [0.29, 0.717) is 19.5 Å². The molecule has 0 bridgehead atoms. The van der Waals surface area contributed by atoms with E-state index in [-0.39, 0.29) is 6.61 Å². The van der Waals surface area contributed by atoms with Crippen LogP contribution in [0.3, 0.4) is 0 Å². The summed E-state index contributed by atoms with van der Waals surface area (Å²) >= 11 is 0. The van der Waals surface area contributed by atoms with E-state index in [0.717, 1.165) is 5.56 Å². The van der Waals surface area contributed by atoms with Crippen molar-refractivity contribution in [3.05, 3.63) is 30.1 Å². The molecule has 1 aromatic rings. The number of nitrogens with zero attached hydrogens (tertiary/aromatic N) is 1. The van der Waals surface area contributed by atoms with Crippen LogP contribution in [0.5, 0.6) is 0 Å². The first-order valence-corrected chi connectivity index (χ1v) is 5.32. The van der Waals surface area contributed by atoms with Gasteiger partial charge in [-0.3, -0.25) is 4.98 Å². The Morgan fingerprint density at radius 2 is 1.94 bits per heavy atom. The highest BCUT2D eigenvalue weighted by atomic mass is 19.4. The average Bonchev–Trinajstić information content (AvgIpc) is 2.28. The summed E-state index contributed by atoms with van der Waals surface area (Å²) < 4.78 is 39.6. The Hall–Kier alpha value is -1.14. The molecule has 0 aliphatic rings. The molecule has 0 fully saturated rings. The molecule has 0 spiro atoms. The molecule has 0 saturated heterocycles. The second kappa shape index (κ2) is 7.24. The lowest BCUT2D eigenvalue weighted by Gasteiger charge is -2.08. The molecule has 1 heterocycles. The number of rotatable bonds is 7. The van der Waals surface area contributed by atoms with Crippen molar-refractivity contribution >= 4 is 0 Å². The molecule has 0 aliphatic carbocycles. The number of ether oxygens (including phenoxy) is 1. The maximum Gasteiger partial charge on any atom is 0.411 e. The van der Waals surface area contributed by atoms with Crippen molar-refractivity contribution in [1.29, 1.82) is 0 Å². The van der Waals surface area contributed by atoms with Gasteiger partial charge in [0.2, 0.25) is 0 Å². The SMILES string of the molecule is FC(F)(F)COCCCNCc1ccncc1. The fraction of sp³-hybridized carbons (Fsp3) is 0.545. The largest absolute Gasteiger partial charge is 0.411 e. The summed E-state index contributed by atoms with van der Waals surface area (Å²) in [6, 6.07) is 3.76. The predicted molar refractivity (Wildman–Crippen MR) is 57.4 cm³/mol. The lowest BCUT2D eigenvalue weighted by Crippen LogP contribution is -2.20. The van der Waals surface area contributed by atoms with Crippen LogP contribution in [-0.2, 0) is 11.3 Å². The average molecular weight is 248 g/mol. The standard InChI is InChI=1S/C11H15F3N2O/c12-11(13,14)9-17-7-1-4-16-8-10-2-5-15-6-3-10/h2-3,5-6,16H,1,4,7-9H2. The van der Waals surface area contributed by atoms with Gasteiger partial charge in [0.1, 0.15) is 6.61 Å². The summed E-state index contributed by atoms with van der Waals surface area (Å²) in [5.74, 6) is 0. The number of alkyl halides is 3. The van der Waals surface area contributed by atoms with Crippen LogP contribution < -0.4 is 5.32 Å². The summed E-state index contributed by atoms with van der Waals surface area (Å²) in [6.07, 6.45) is -0.279. The van der Waals surface area contributed by atoms with E-state index in [2.05, 4.69) is 15.0 Å². The van der Waals surface area contributed by atoms with Crippen molar-refractivity contribution in [2.45, 2.75) is 19.1 Å². The number of aromatic nitrogens is 1. The van der Waals surface area contributed by atoms with E-state index in [4.69, 9.17) is 0 Å². The topological polar surface area (TPSA) is 34.1 Å². The minimum Gasteiger partial charge on any atom is -0.372 e. The zero-order chi connectivity index (χ0) is 12.6. The minimum absolute atomic E-state index is 0.114. The van der Waals surface area contributed by atoms with Gasteiger partial charge in [0.05, 0.1) is 0 Å². The molecule has 0 amide bonds. The lowest BCUT2D eigenvalue weighted by atomic mass is 10.3. The molecule has 0 atom stereocenters. The van der Waals surface area contributed by atoms with Gasteiger partial charge in [0, 0.05) is 25.5 Å². The number of pyridine rings is 1. The summed E-state index contributed by atoms with van der Waals surface area (Å²) in [4.78, 5) is 3.88. The summed E-state index contributed by atoms with van der Waals surface area (Å²) in [5, 5.41) is 3.11. The van der Waals surface area contributed by atoms with Crippen molar-refractivity contribution in [2.75, 3.05) is 19.8 Å². The van der Waals surface area contributed by atoms with Crippen LogP contribution in [0.2, 0.25) is 0 Å². The molecule has 0 saturated carbocycles. The Balaban J connectivity index is 1.95. The molecule has 1 rings (SSSR count). The Kier molecular flexibility index (Phi) is 5.93. The van der Waals surface area contributed by atoms with E-state index in [9.17, 15) is 13.2 Å². The fourth-order valence-electron chi connectivity index (χ4n) is 1.22. The highest BCUT2D eigenvalue weighted by Gasteiger charge is 2.27. The molecular weight excluding hydrogens is 233 g/mol. The smallest absolute Gasteiger partial charge is 0.372 e. The third-order valence-electron chi connectivity index (χ3n) is 1.99. The first kappa shape index (κ1) is 13.9. The van der Waals surface area contributed by atoms with Gasteiger partial charge in [-0.2, -0.15) is 13.2 Å². The summed E-state index contributed by atoms with van der Waals surface area (Å²) in [5.41, 5.74) is 1.09. The molecular formula is C11H15F3N2O. The first-order valence-electron chi connectivity index (χ1n) is 5.32. The minimum atomic E-state index is -4.23. The van der Waals surface area contributed by atoms with Gasteiger partial charge in [-0.05, 0) is 30.7 Å². The molecule has 0 radical (unpaired) electrons. The maximum atomic E-state index is 11.7. The number of hydrogen-bond donors (Lipinski definition) is 1. The molecule has 96 valence electrons. The van der Waals surface area contributed by atoms with Crippen molar-refractivity contribution < 1.29 is 17.9 Å². The molecule has 0 aromatic carbocycles. The van der Waals surface area contributed by atoms with Crippen molar-refractivity contribution in [1.82, 2.24) is 10.3 Å². The van der Waals surface area contributed by atoms with Crippen LogP contribution in [0.4, 0.5) is 13.2 Å². The van der Waals surface area contributed by atoms with Crippen LogP contribution in [-0.4, -0.2) is 30.9 Å². The first-order chi connectivity index (χ1) is 8.08. The zero-order valence-corrected chi connectivity index (χ0v) is 9.33. The lowest BCUT2D eigenvalue weighted by molar-refractivity contribution is -0.173. The van der Waals surface area contributed by atoms with E-state index >= 15 is 0 Å². The van der Waals surface area contributed by atoms with Crippen molar-refractivity contribution in [3.63, 3.8) is 0 Å². The molecule has 6 heteroatoms. The molecule has 3 nitrogen and oxygen atoms in total. The number of halogens is 3. The maximum absolute atomic E-state index is 11.7. The second-order valence-electron chi connectivity index (χ2n) is 3.55. The normalized spacial score (nSPS) is 11.7. The number of hydrogen-bond acceptors (Lipinski definition) is 3. The van der Waals surface area contributed by atoms with E-state index in [1.54, 1.807) is 12.4 Å². The highest BCUT2D eigenvalue weighted by molar-refractivity contribution is 5.08. The Morgan fingerprint density at radius 1 is 1.24 bits per heavy atom. The number of nitrogens with one attached hydrogen (secondary N) is 1. The monoisotopic (exact) mass is 248 g/mol. The Labute approximate surface area is 98.0 Å². The van der Waals surface area contributed by atoms with E-state index in [1.165, 1.54) is 0 Å². The molecule has 1 N–H and O–H groups in total. The quantitative estimate of drug-likeness (QED) is 0.751.